The van der Waals surface area contributed by atoms with E-state index < -0.39 is 0 Å². The molecule has 1 aliphatic rings. The number of nitrogens with zero attached hydrogens (tertiary/aromatic N) is 1. The number of nitrogens with one attached hydrogen (secondary N) is 1. The van der Waals surface area contributed by atoms with E-state index in [-0.39, 0.29) is 5.92 Å². The van der Waals surface area contributed by atoms with E-state index in [4.69, 9.17) is 0 Å². The molecule has 3 heteroatoms. The highest BCUT2D eigenvalue weighted by Crippen LogP contribution is 2.24. The number of hydrogen-bond acceptors (Lipinski definition) is 3. The maximum absolute atomic E-state index is 10.9. The first-order chi connectivity index (χ1) is 6.42. The van der Waals surface area contributed by atoms with E-state index in [1.54, 1.807) is 12.4 Å². The van der Waals surface area contributed by atoms with Crippen LogP contribution in [0.25, 0.3) is 0 Å². The van der Waals surface area contributed by atoms with Crippen LogP contribution < -0.4 is 5.32 Å². The minimum absolute atomic E-state index is 0.0456. The molecule has 3 nitrogen and oxygen atoms in total. The van der Waals surface area contributed by atoms with Crippen LogP contribution in [0.4, 0.5) is 0 Å². The summed E-state index contributed by atoms with van der Waals surface area (Å²) in [4.78, 5) is 14.8. The Morgan fingerprint density at radius 1 is 1.46 bits per heavy atom. The van der Waals surface area contributed by atoms with E-state index in [0.717, 1.165) is 24.9 Å². The summed E-state index contributed by atoms with van der Waals surface area (Å²) >= 11 is 0. The molecule has 0 bridgehead atoms. The minimum Gasteiger partial charge on any atom is -0.316 e. The largest absolute Gasteiger partial charge is 0.316 e. The normalized spacial score (nSPS) is 19.1. The van der Waals surface area contributed by atoms with Gasteiger partial charge in [0.2, 0.25) is 0 Å². The lowest BCUT2D eigenvalue weighted by Crippen LogP contribution is -2.45. The molecule has 0 spiro atoms. The van der Waals surface area contributed by atoms with Crippen LogP contribution in [-0.4, -0.2) is 24.4 Å². The second kappa shape index (κ2) is 3.66. The molecule has 2 rings (SSSR count). The van der Waals surface area contributed by atoms with Crippen molar-refractivity contribution in [3.63, 3.8) is 0 Å². The van der Waals surface area contributed by atoms with Gasteiger partial charge in [0.1, 0.15) is 6.29 Å². The molecule has 68 valence electrons. The fraction of sp³-hybridized carbons (Fsp3) is 0.400. The van der Waals surface area contributed by atoms with E-state index >= 15 is 0 Å². The molecule has 2 heterocycles. The van der Waals surface area contributed by atoms with Crippen molar-refractivity contribution in [3.05, 3.63) is 30.1 Å². The van der Waals surface area contributed by atoms with Crippen LogP contribution in [0.3, 0.4) is 0 Å². The molecular formula is C10H12N2O. The third kappa shape index (κ3) is 1.60. The molecule has 1 aromatic rings. The van der Waals surface area contributed by atoms with Crippen LogP contribution in [0.5, 0.6) is 0 Å². The van der Waals surface area contributed by atoms with Crippen LogP contribution in [-0.2, 0) is 4.79 Å². The summed E-state index contributed by atoms with van der Waals surface area (Å²) in [6.45, 7) is 1.90. The highest BCUT2D eigenvalue weighted by atomic mass is 16.1. The van der Waals surface area contributed by atoms with Crippen molar-refractivity contribution in [2.24, 2.45) is 5.92 Å². The number of pyridine rings is 1. The van der Waals surface area contributed by atoms with Crippen molar-refractivity contribution < 1.29 is 4.79 Å². The Hall–Kier alpha value is -1.22. The van der Waals surface area contributed by atoms with Gasteiger partial charge in [0.05, 0.1) is 0 Å². The zero-order chi connectivity index (χ0) is 9.10. The number of carbonyl (C=O) groups excluding carboxylic acids is 1. The van der Waals surface area contributed by atoms with Crippen molar-refractivity contribution in [1.82, 2.24) is 10.3 Å². The number of rotatable bonds is 3. The van der Waals surface area contributed by atoms with Crippen LogP contribution in [0.1, 0.15) is 11.5 Å². The van der Waals surface area contributed by atoms with Gasteiger partial charge in [0.25, 0.3) is 0 Å². The standard InChI is InChI=1S/C10H12N2O/c13-7-10(9-5-12-6-9)8-1-3-11-4-2-8/h1-4,7,9-10,12H,5-6H2. The van der Waals surface area contributed by atoms with E-state index in [2.05, 4.69) is 10.3 Å². The van der Waals surface area contributed by atoms with Gasteiger partial charge in [-0.3, -0.25) is 4.98 Å². The van der Waals surface area contributed by atoms with Gasteiger partial charge < -0.3 is 10.1 Å². The Kier molecular flexibility index (Phi) is 2.36. The highest BCUT2D eigenvalue weighted by Gasteiger charge is 2.27. The van der Waals surface area contributed by atoms with E-state index in [1.807, 2.05) is 12.1 Å². The SMILES string of the molecule is O=CC(c1ccncc1)C1CNC1. The summed E-state index contributed by atoms with van der Waals surface area (Å²) in [6.07, 6.45) is 4.51. The molecule has 1 unspecified atom stereocenters. The second-order valence-corrected chi connectivity index (χ2v) is 3.36. The summed E-state index contributed by atoms with van der Waals surface area (Å²) in [5.41, 5.74) is 1.08. The van der Waals surface area contributed by atoms with Crippen molar-refractivity contribution in [1.29, 1.82) is 0 Å². The average Bonchev–Trinajstić information content (AvgIpc) is 2.12. The molecule has 0 saturated carbocycles. The maximum Gasteiger partial charge on any atom is 0.127 e. The monoisotopic (exact) mass is 176 g/mol. The smallest absolute Gasteiger partial charge is 0.127 e. The predicted molar refractivity (Wildman–Crippen MR) is 49.4 cm³/mol. The third-order valence-electron chi connectivity index (χ3n) is 2.56. The number of hydrogen-bond donors (Lipinski definition) is 1. The van der Waals surface area contributed by atoms with Gasteiger partial charge in [-0.15, -0.1) is 0 Å². The van der Waals surface area contributed by atoms with Crippen molar-refractivity contribution in [2.75, 3.05) is 13.1 Å². The number of aldehydes is 1. The quantitative estimate of drug-likeness (QED) is 0.685. The van der Waals surface area contributed by atoms with Gasteiger partial charge in [-0.1, -0.05) is 0 Å². The Morgan fingerprint density at radius 2 is 2.15 bits per heavy atom. The van der Waals surface area contributed by atoms with Crippen LogP contribution in [0.2, 0.25) is 0 Å². The lowest BCUT2D eigenvalue weighted by Gasteiger charge is -2.31. The van der Waals surface area contributed by atoms with Gasteiger partial charge in [-0.05, 0) is 23.6 Å². The van der Waals surface area contributed by atoms with Gasteiger partial charge in [-0.2, -0.15) is 0 Å². The molecule has 0 amide bonds. The lowest BCUT2D eigenvalue weighted by molar-refractivity contribution is -0.110. The molecule has 1 atom stereocenters. The molecular weight excluding hydrogens is 164 g/mol. The molecule has 0 aromatic carbocycles. The summed E-state index contributed by atoms with van der Waals surface area (Å²) in [7, 11) is 0. The lowest BCUT2D eigenvalue weighted by atomic mass is 9.84. The summed E-state index contributed by atoms with van der Waals surface area (Å²) in [6, 6.07) is 3.83. The van der Waals surface area contributed by atoms with E-state index in [9.17, 15) is 4.79 Å². The molecule has 1 saturated heterocycles. The minimum atomic E-state index is 0.0456. The number of carbonyl (C=O) groups is 1. The third-order valence-corrected chi connectivity index (χ3v) is 2.56. The van der Waals surface area contributed by atoms with Gasteiger partial charge >= 0.3 is 0 Å². The first-order valence-corrected chi connectivity index (χ1v) is 4.48. The fourth-order valence-electron chi connectivity index (χ4n) is 1.61. The van der Waals surface area contributed by atoms with Crippen LogP contribution >= 0.6 is 0 Å². The van der Waals surface area contributed by atoms with Gasteiger partial charge in [0.15, 0.2) is 0 Å². The second-order valence-electron chi connectivity index (χ2n) is 3.36. The summed E-state index contributed by atoms with van der Waals surface area (Å²) in [5.74, 6) is 0.518. The molecule has 13 heavy (non-hydrogen) atoms. The Morgan fingerprint density at radius 3 is 2.62 bits per heavy atom. The Balaban J connectivity index is 2.16. The van der Waals surface area contributed by atoms with Crippen molar-refractivity contribution in [3.8, 4) is 0 Å². The van der Waals surface area contributed by atoms with Crippen molar-refractivity contribution in [2.45, 2.75) is 5.92 Å². The maximum atomic E-state index is 10.9. The first-order valence-electron chi connectivity index (χ1n) is 4.48. The Bertz CT molecular complexity index is 282. The Labute approximate surface area is 77.2 Å². The molecule has 1 aliphatic heterocycles. The molecule has 0 aliphatic carbocycles. The topological polar surface area (TPSA) is 42.0 Å². The van der Waals surface area contributed by atoms with E-state index in [1.165, 1.54) is 0 Å². The molecule has 0 radical (unpaired) electrons. The first kappa shape index (κ1) is 8.38. The average molecular weight is 176 g/mol. The molecule has 1 N–H and O–H groups in total. The highest BCUT2D eigenvalue weighted by molar-refractivity contribution is 5.62. The molecule has 1 aromatic heterocycles. The zero-order valence-electron chi connectivity index (χ0n) is 7.31. The number of aromatic nitrogens is 1. The fourth-order valence-corrected chi connectivity index (χ4v) is 1.61. The zero-order valence-corrected chi connectivity index (χ0v) is 7.31. The predicted octanol–water partition coefficient (Wildman–Crippen LogP) is 0.583. The summed E-state index contributed by atoms with van der Waals surface area (Å²) in [5, 5.41) is 3.17. The van der Waals surface area contributed by atoms with Gasteiger partial charge in [0, 0.05) is 31.4 Å². The van der Waals surface area contributed by atoms with Crippen molar-refractivity contribution >= 4 is 6.29 Å². The summed E-state index contributed by atoms with van der Waals surface area (Å²) < 4.78 is 0. The van der Waals surface area contributed by atoms with Crippen LogP contribution in [0, 0.1) is 5.92 Å². The van der Waals surface area contributed by atoms with Crippen LogP contribution in [0.15, 0.2) is 24.5 Å². The molecule has 1 fully saturated rings. The van der Waals surface area contributed by atoms with Gasteiger partial charge in [-0.25, -0.2) is 0 Å². The van der Waals surface area contributed by atoms with E-state index in [0.29, 0.717) is 5.92 Å².